The zero-order valence-corrected chi connectivity index (χ0v) is 17.6. The maximum atomic E-state index is 13.7. The largest absolute Gasteiger partial charge is 0.444 e. The first-order valence-corrected chi connectivity index (χ1v) is 9.85. The standard InChI is InChI=1S/C21H33FN4O2/c1-15-8-9-16(11-18(15)22)12-24-19(23-5)25-13-17-7-6-10-26(14-17)20(27)28-21(2,3)4/h8-9,11,17H,6-7,10,12-14H2,1-5H3,(H2,23,24,25). The fraction of sp³-hybridized carbons (Fsp3) is 0.619. The lowest BCUT2D eigenvalue weighted by Crippen LogP contribution is -2.47. The highest BCUT2D eigenvalue weighted by Crippen LogP contribution is 2.19. The lowest BCUT2D eigenvalue weighted by molar-refractivity contribution is 0.0168. The minimum atomic E-state index is -0.482. The molecule has 2 rings (SSSR count). The van der Waals surface area contributed by atoms with Gasteiger partial charge < -0.3 is 20.3 Å². The van der Waals surface area contributed by atoms with Gasteiger partial charge >= 0.3 is 6.09 Å². The van der Waals surface area contributed by atoms with Crippen LogP contribution in [0.5, 0.6) is 0 Å². The van der Waals surface area contributed by atoms with Crippen molar-refractivity contribution in [3.8, 4) is 0 Å². The number of piperidine rings is 1. The molecule has 1 aliphatic heterocycles. The molecule has 6 nitrogen and oxygen atoms in total. The second kappa shape index (κ2) is 9.75. The molecule has 0 saturated carbocycles. The van der Waals surface area contributed by atoms with Gasteiger partial charge in [-0.3, -0.25) is 4.99 Å². The molecule has 2 N–H and O–H groups in total. The van der Waals surface area contributed by atoms with Crippen molar-refractivity contribution < 1.29 is 13.9 Å². The number of likely N-dealkylation sites (tertiary alicyclic amines) is 1. The van der Waals surface area contributed by atoms with Gasteiger partial charge in [-0.05, 0) is 63.6 Å². The maximum absolute atomic E-state index is 13.7. The average Bonchev–Trinajstić information content (AvgIpc) is 2.63. The summed E-state index contributed by atoms with van der Waals surface area (Å²) in [5, 5.41) is 6.51. The molecule has 0 aliphatic carbocycles. The molecule has 1 atom stereocenters. The van der Waals surface area contributed by atoms with Crippen LogP contribution in [0.2, 0.25) is 0 Å². The highest BCUT2D eigenvalue weighted by atomic mass is 19.1. The van der Waals surface area contributed by atoms with Crippen LogP contribution in [0.3, 0.4) is 0 Å². The lowest BCUT2D eigenvalue weighted by atomic mass is 9.98. The van der Waals surface area contributed by atoms with Crippen molar-refractivity contribution in [1.82, 2.24) is 15.5 Å². The van der Waals surface area contributed by atoms with Crippen LogP contribution >= 0.6 is 0 Å². The number of rotatable bonds is 4. The molecule has 156 valence electrons. The lowest BCUT2D eigenvalue weighted by Gasteiger charge is -2.34. The topological polar surface area (TPSA) is 66.0 Å². The monoisotopic (exact) mass is 392 g/mol. The molecule has 0 aromatic heterocycles. The van der Waals surface area contributed by atoms with Crippen molar-refractivity contribution in [3.63, 3.8) is 0 Å². The first-order valence-electron chi connectivity index (χ1n) is 9.85. The SMILES string of the molecule is CN=C(NCc1ccc(C)c(F)c1)NCC1CCCN(C(=O)OC(C)(C)C)C1. The Labute approximate surface area is 167 Å². The maximum Gasteiger partial charge on any atom is 0.410 e. The number of nitrogens with one attached hydrogen (secondary N) is 2. The van der Waals surface area contributed by atoms with Gasteiger partial charge in [0.2, 0.25) is 0 Å². The molecule has 1 aromatic carbocycles. The molecule has 7 heteroatoms. The zero-order chi connectivity index (χ0) is 20.7. The van der Waals surface area contributed by atoms with Gasteiger partial charge in [-0.2, -0.15) is 0 Å². The minimum absolute atomic E-state index is 0.202. The van der Waals surface area contributed by atoms with E-state index in [9.17, 15) is 9.18 Å². The number of benzene rings is 1. The predicted octanol–water partition coefficient (Wildman–Crippen LogP) is 3.45. The summed E-state index contributed by atoms with van der Waals surface area (Å²) in [4.78, 5) is 18.3. The number of guanidine groups is 1. The van der Waals surface area contributed by atoms with Crippen molar-refractivity contribution in [1.29, 1.82) is 0 Å². The number of halogens is 1. The highest BCUT2D eigenvalue weighted by Gasteiger charge is 2.27. The van der Waals surface area contributed by atoms with Crippen molar-refractivity contribution in [3.05, 3.63) is 35.1 Å². The van der Waals surface area contributed by atoms with E-state index in [4.69, 9.17) is 4.74 Å². The molecule has 1 saturated heterocycles. The molecule has 28 heavy (non-hydrogen) atoms. The highest BCUT2D eigenvalue weighted by molar-refractivity contribution is 5.79. The number of hydrogen-bond acceptors (Lipinski definition) is 3. The summed E-state index contributed by atoms with van der Waals surface area (Å²) in [5.41, 5.74) is 1.02. The quantitative estimate of drug-likeness (QED) is 0.608. The van der Waals surface area contributed by atoms with E-state index in [2.05, 4.69) is 15.6 Å². The van der Waals surface area contributed by atoms with Crippen LogP contribution in [0.25, 0.3) is 0 Å². The van der Waals surface area contributed by atoms with E-state index in [0.717, 1.165) is 24.9 Å². The first-order chi connectivity index (χ1) is 13.2. The molecule has 0 radical (unpaired) electrons. The molecular weight excluding hydrogens is 359 g/mol. The van der Waals surface area contributed by atoms with Gasteiger partial charge in [0.1, 0.15) is 11.4 Å². The van der Waals surface area contributed by atoms with Crippen LogP contribution in [-0.4, -0.2) is 49.2 Å². The Bertz CT molecular complexity index is 700. The fourth-order valence-electron chi connectivity index (χ4n) is 3.12. The zero-order valence-electron chi connectivity index (χ0n) is 17.6. The molecular formula is C21H33FN4O2. The number of carbonyl (C=O) groups excluding carboxylic acids is 1. The third-order valence-electron chi connectivity index (χ3n) is 4.65. The number of aryl methyl sites for hydroxylation is 1. The van der Waals surface area contributed by atoms with E-state index in [1.165, 1.54) is 6.07 Å². The van der Waals surface area contributed by atoms with Gasteiger partial charge in [0, 0.05) is 33.2 Å². The van der Waals surface area contributed by atoms with Crippen LogP contribution in [-0.2, 0) is 11.3 Å². The molecule has 0 spiro atoms. The number of hydrogen-bond donors (Lipinski definition) is 2. The summed E-state index contributed by atoms with van der Waals surface area (Å²) in [6.07, 6.45) is 1.76. The smallest absolute Gasteiger partial charge is 0.410 e. The Morgan fingerprint density at radius 1 is 1.36 bits per heavy atom. The van der Waals surface area contributed by atoms with E-state index in [0.29, 0.717) is 37.1 Å². The fourth-order valence-corrected chi connectivity index (χ4v) is 3.12. The van der Waals surface area contributed by atoms with Crippen molar-refractivity contribution in [2.75, 3.05) is 26.7 Å². The molecule has 1 fully saturated rings. The van der Waals surface area contributed by atoms with Gasteiger partial charge in [0.15, 0.2) is 5.96 Å². The number of nitrogens with zero attached hydrogens (tertiary/aromatic N) is 2. The number of ether oxygens (including phenoxy) is 1. The predicted molar refractivity (Wildman–Crippen MR) is 110 cm³/mol. The second-order valence-corrected chi connectivity index (χ2v) is 8.32. The molecule has 1 amide bonds. The van der Waals surface area contributed by atoms with E-state index in [1.54, 1.807) is 24.9 Å². The van der Waals surface area contributed by atoms with E-state index in [1.807, 2.05) is 26.8 Å². The van der Waals surface area contributed by atoms with E-state index < -0.39 is 5.60 Å². The van der Waals surface area contributed by atoms with Gasteiger partial charge in [0.25, 0.3) is 0 Å². The average molecular weight is 393 g/mol. The minimum Gasteiger partial charge on any atom is -0.444 e. The Morgan fingerprint density at radius 2 is 2.11 bits per heavy atom. The summed E-state index contributed by atoms with van der Waals surface area (Å²) in [5.74, 6) is 0.790. The van der Waals surface area contributed by atoms with Crippen molar-refractivity contribution >= 4 is 12.1 Å². The van der Waals surface area contributed by atoms with Crippen LogP contribution in [0.4, 0.5) is 9.18 Å². The Balaban J connectivity index is 1.80. The summed E-state index contributed by atoms with van der Waals surface area (Å²) in [6.45, 7) is 9.99. The third kappa shape index (κ3) is 7.02. The Hall–Kier alpha value is -2.31. The number of carbonyl (C=O) groups is 1. The normalized spacial score (nSPS) is 18.0. The van der Waals surface area contributed by atoms with Crippen LogP contribution in [0, 0.1) is 18.7 Å². The van der Waals surface area contributed by atoms with Gasteiger partial charge in [0.05, 0.1) is 0 Å². The molecule has 1 unspecified atom stereocenters. The van der Waals surface area contributed by atoms with Crippen molar-refractivity contribution in [2.45, 2.75) is 52.7 Å². The molecule has 1 heterocycles. The van der Waals surface area contributed by atoms with Gasteiger partial charge in [-0.25, -0.2) is 9.18 Å². The summed E-state index contributed by atoms with van der Waals surface area (Å²) in [7, 11) is 1.71. The summed E-state index contributed by atoms with van der Waals surface area (Å²) >= 11 is 0. The molecule has 1 aliphatic rings. The molecule has 1 aromatic rings. The summed E-state index contributed by atoms with van der Waals surface area (Å²) < 4.78 is 19.1. The summed E-state index contributed by atoms with van der Waals surface area (Å²) in [6, 6.07) is 5.21. The molecule has 0 bridgehead atoms. The number of aliphatic imine (C=N–C) groups is 1. The van der Waals surface area contributed by atoms with Gasteiger partial charge in [-0.1, -0.05) is 12.1 Å². The Kier molecular flexibility index (Phi) is 7.66. The number of amides is 1. The van der Waals surface area contributed by atoms with E-state index in [-0.39, 0.29) is 11.9 Å². The van der Waals surface area contributed by atoms with Crippen LogP contribution in [0.15, 0.2) is 23.2 Å². The Morgan fingerprint density at radius 3 is 2.75 bits per heavy atom. The van der Waals surface area contributed by atoms with Crippen LogP contribution < -0.4 is 10.6 Å². The van der Waals surface area contributed by atoms with E-state index >= 15 is 0 Å². The van der Waals surface area contributed by atoms with Crippen LogP contribution in [0.1, 0.15) is 44.7 Å². The van der Waals surface area contributed by atoms with Gasteiger partial charge in [-0.15, -0.1) is 0 Å². The van der Waals surface area contributed by atoms with Crippen molar-refractivity contribution in [2.24, 2.45) is 10.9 Å². The second-order valence-electron chi connectivity index (χ2n) is 8.32. The first kappa shape index (κ1) is 22.0. The third-order valence-corrected chi connectivity index (χ3v) is 4.65.